The Hall–Kier alpha value is -2.96. The maximum Gasteiger partial charge on any atom is 0.253 e. The Kier molecular flexibility index (Phi) is 5.69. The fourth-order valence-corrected chi connectivity index (χ4v) is 3.04. The molecule has 3 rings (SSSR count). The first kappa shape index (κ1) is 18.8. The van der Waals surface area contributed by atoms with Gasteiger partial charge in [0.15, 0.2) is 11.6 Å². The van der Waals surface area contributed by atoms with Gasteiger partial charge in [0, 0.05) is 31.7 Å². The molecule has 1 aliphatic rings. The van der Waals surface area contributed by atoms with Crippen LogP contribution in [0.5, 0.6) is 5.75 Å². The molecule has 0 saturated carbocycles. The van der Waals surface area contributed by atoms with Gasteiger partial charge in [-0.25, -0.2) is 8.78 Å². The molecule has 27 heavy (non-hydrogen) atoms. The number of hydrogen-bond acceptors (Lipinski definition) is 3. The summed E-state index contributed by atoms with van der Waals surface area (Å²) in [4.78, 5) is 28.2. The largest absolute Gasteiger partial charge is 0.494 e. The lowest BCUT2D eigenvalue weighted by Gasteiger charge is -2.35. The van der Waals surface area contributed by atoms with Crippen molar-refractivity contribution in [2.45, 2.75) is 6.42 Å². The Morgan fingerprint density at radius 3 is 2.19 bits per heavy atom. The predicted octanol–water partition coefficient (Wildman–Crippen LogP) is 2.50. The molecule has 0 atom stereocenters. The summed E-state index contributed by atoms with van der Waals surface area (Å²) in [6, 6.07) is 9.86. The molecular weight excluding hydrogens is 354 g/mol. The molecule has 2 aromatic rings. The fraction of sp³-hybridized carbons (Fsp3) is 0.300. The molecule has 0 spiro atoms. The normalized spacial score (nSPS) is 14.2. The summed E-state index contributed by atoms with van der Waals surface area (Å²) in [5, 5.41) is 0. The quantitative estimate of drug-likeness (QED) is 0.826. The highest BCUT2D eigenvalue weighted by atomic mass is 19.1. The number of amides is 2. The van der Waals surface area contributed by atoms with Crippen LogP contribution in [0, 0.1) is 11.6 Å². The number of rotatable bonds is 4. The van der Waals surface area contributed by atoms with Crippen molar-refractivity contribution in [3.63, 3.8) is 0 Å². The number of hydrogen-bond donors (Lipinski definition) is 0. The van der Waals surface area contributed by atoms with Gasteiger partial charge in [-0.1, -0.05) is 6.07 Å². The van der Waals surface area contributed by atoms with Crippen molar-refractivity contribution in [1.82, 2.24) is 9.80 Å². The molecule has 0 unspecified atom stereocenters. The molecule has 0 bridgehead atoms. The Labute approximate surface area is 156 Å². The van der Waals surface area contributed by atoms with Crippen LogP contribution in [0.3, 0.4) is 0 Å². The van der Waals surface area contributed by atoms with E-state index in [-0.39, 0.29) is 24.0 Å². The molecule has 5 nitrogen and oxygen atoms in total. The Bertz CT molecular complexity index is 832. The van der Waals surface area contributed by atoms with Gasteiger partial charge in [0.2, 0.25) is 5.91 Å². The van der Waals surface area contributed by atoms with Crippen molar-refractivity contribution in [2.75, 3.05) is 33.3 Å². The molecule has 0 radical (unpaired) electrons. The standard InChI is InChI=1S/C20H20F2N2O3/c1-27-18-7-2-14(12-17(18)22)13-19(25)23-8-10-24(11-9-23)20(26)15-3-5-16(21)6-4-15/h2-7,12H,8-11,13H2,1H3. The van der Waals surface area contributed by atoms with Gasteiger partial charge in [-0.3, -0.25) is 9.59 Å². The van der Waals surface area contributed by atoms with Crippen LogP contribution in [0.25, 0.3) is 0 Å². The molecule has 1 aliphatic heterocycles. The van der Waals surface area contributed by atoms with E-state index in [0.29, 0.717) is 37.3 Å². The van der Waals surface area contributed by atoms with Gasteiger partial charge in [-0.05, 0) is 42.0 Å². The molecule has 0 aliphatic carbocycles. The minimum atomic E-state index is -0.502. The minimum absolute atomic E-state index is 0.0901. The maximum absolute atomic E-state index is 13.8. The van der Waals surface area contributed by atoms with Crippen LogP contribution in [-0.2, 0) is 11.2 Å². The van der Waals surface area contributed by atoms with E-state index in [2.05, 4.69) is 0 Å². The highest BCUT2D eigenvalue weighted by Crippen LogP contribution is 2.19. The summed E-state index contributed by atoms with van der Waals surface area (Å²) in [5.74, 6) is -1.05. The summed E-state index contributed by atoms with van der Waals surface area (Å²) in [6.07, 6.45) is 0.0901. The zero-order valence-electron chi connectivity index (χ0n) is 15.0. The highest BCUT2D eigenvalue weighted by Gasteiger charge is 2.25. The van der Waals surface area contributed by atoms with Crippen molar-refractivity contribution in [3.05, 3.63) is 65.2 Å². The number of methoxy groups -OCH3 is 1. The number of carbonyl (C=O) groups excluding carboxylic acids is 2. The van der Waals surface area contributed by atoms with E-state index in [4.69, 9.17) is 4.74 Å². The van der Waals surface area contributed by atoms with Crippen LogP contribution in [0.2, 0.25) is 0 Å². The van der Waals surface area contributed by atoms with Crippen LogP contribution in [0.4, 0.5) is 8.78 Å². The van der Waals surface area contributed by atoms with E-state index < -0.39 is 11.6 Å². The van der Waals surface area contributed by atoms with E-state index in [0.717, 1.165) is 0 Å². The van der Waals surface area contributed by atoms with Crippen molar-refractivity contribution >= 4 is 11.8 Å². The van der Waals surface area contributed by atoms with E-state index >= 15 is 0 Å². The van der Waals surface area contributed by atoms with Gasteiger partial charge < -0.3 is 14.5 Å². The topological polar surface area (TPSA) is 49.9 Å². The molecule has 0 aromatic heterocycles. The molecule has 1 fully saturated rings. The Morgan fingerprint density at radius 2 is 1.59 bits per heavy atom. The van der Waals surface area contributed by atoms with E-state index in [1.165, 1.54) is 43.5 Å². The second-order valence-electron chi connectivity index (χ2n) is 6.33. The molecule has 0 N–H and O–H groups in total. The van der Waals surface area contributed by atoms with E-state index in [1.54, 1.807) is 15.9 Å². The molecular formula is C20H20F2N2O3. The third-order valence-electron chi connectivity index (χ3n) is 4.58. The lowest BCUT2D eigenvalue weighted by Crippen LogP contribution is -2.51. The van der Waals surface area contributed by atoms with Gasteiger partial charge >= 0.3 is 0 Å². The van der Waals surface area contributed by atoms with Crippen molar-refractivity contribution in [3.8, 4) is 5.75 Å². The summed E-state index contributed by atoms with van der Waals surface area (Å²) < 4.78 is 31.6. The minimum Gasteiger partial charge on any atom is -0.494 e. The molecule has 1 heterocycles. The van der Waals surface area contributed by atoms with Crippen LogP contribution in [0.1, 0.15) is 15.9 Å². The Balaban J connectivity index is 1.55. The lowest BCUT2D eigenvalue weighted by molar-refractivity contribution is -0.131. The summed E-state index contributed by atoms with van der Waals surface area (Å²) >= 11 is 0. The average molecular weight is 374 g/mol. The second-order valence-corrected chi connectivity index (χ2v) is 6.33. The first-order valence-corrected chi connectivity index (χ1v) is 8.63. The first-order valence-electron chi connectivity index (χ1n) is 8.63. The van der Waals surface area contributed by atoms with Gasteiger partial charge in [0.1, 0.15) is 5.82 Å². The van der Waals surface area contributed by atoms with Crippen LogP contribution in [0.15, 0.2) is 42.5 Å². The average Bonchev–Trinajstić information content (AvgIpc) is 2.68. The third kappa shape index (κ3) is 4.42. The molecule has 1 saturated heterocycles. The number of carbonyl (C=O) groups is 2. The van der Waals surface area contributed by atoms with Gasteiger partial charge in [-0.15, -0.1) is 0 Å². The number of piperazine rings is 1. The number of ether oxygens (including phenoxy) is 1. The second kappa shape index (κ2) is 8.16. The van der Waals surface area contributed by atoms with Gasteiger partial charge in [0.05, 0.1) is 13.5 Å². The van der Waals surface area contributed by atoms with Crippen LogP contribution < -0.4 is 4.74 Å². The smallest absolute Gasteiger partial charge is 0.253 e. The Morgan fingerprint density at radius 1 is 0.963 bits per heavy atom. The van der Waals surface area contributed by atoms with Crippen molar-refractivity contribution in [2.24, 2.45) is 0 Å². The first-order chi connectivity index (χ1) is 13.0. The van der Waals surface area contributed by atoms with E-state index in [1.807, 2.05) is 0 Å². The predicted molar refractivity (Wildman–Crippen MR) is 95.5 cm³/mol. The lowest BCUT2D eigenvalue weighted by atomic mass is 10.1. The van der Waals surface area contributed by atoms with Crippen LogP contribution in [-0.4, -0.2) is 54.9 Å². The molecule has 7 heteroatoms. The third-order valence-corrected chi connectivity index (χ3v) is 4.58. The molecule has 2 aromatic carbocycles. The van der Waals surface area contributed by atoms with Crippen molar-refractivity contribution < 1.29 is 23.1 Å². The molecule has 142 valence electrons. The van der Waals surface area contributed by atoms with E-state index in [9.17, 15) is 18.4 Å². The summed E-state index contributed by atoms with van der Waals surface area (Å²) in [5.41, 5.74) is 0.994. The van der Waals surface area contributed by atoms with Gasteiger partial charge in [0.25, 0.3) is 5.91 Å². The highest BCUT2D eigenvalue weighted by molar-refractivity contribution is 5.94. The SMILES string of the molecule is COc1ccc(CC(=O)N2CCN(C(=O)c3ccc(F)cc3)CC2)cc1F. The van der Waals surface area contributed by atoms with Gasteiger partial charge in [-0.2, -0.15) is 0 Å². The fourth-order valence-electron chi connectivity index (χ4n) is 3.04. The zero-order chi connectivity index (χ0) is 19.4. The number of halogens is 2. The monoisotopic (exact) mass is 374 g/mol. The summed E-state index contributed by atoms with van der Waals surface area (Å²) in [6.45, 7) is 1.62. The summed E-state index contributed by atoms with van der Waals surface area (Å²) in [7, 11) is 1.38. The maximum atomic E-state index is 13.8. The van der Waals surface area contributed by atoms with Crippen molar-refractivity contribution in [1.29, 1.82) is 0 Å². The molecule has 2 amide bonds. The number of benzene rings is 2. The zero-order valence-corrected chi connectivity index (χ0v) is 15.0. The van der Waals surface area contributed by atoms with Crippen LogP contribution >= 0.6 is 0 Å². The number of nitrogens with zero attached hydrogens (tertiary/aromatic N) is 2.